The van der Waals surface area contributed by atoms with Crippen molar-refractivity contribution in [3.05, 3.63) is 11.7 Å². The van der Waals surface area contributed by atoms with Gasteiger partial charge in [-0.3, -0.25) is 4.90 Å². The van der Waals surface area contributed by atoms with Crippen molar-refractivity contribution in [3.63, 3.8) is 0 Å². The molecule has 0 N–H and O–H groups in total. The van der Waals surface area contributed by atoms with E-state index in [1.54, 1.807) is 7.11 Å². The highest BCUT2D eigenvalue weighted by atomic mass is 16.5. The molecule has 0 spiro atoms. The zero-order valence-electron chi connectivity index (χ0n) is 12.0. The summed E-state index contributed by atoms with van der Waals surface area (Å²) in [5.41, 5.74) is 0. The fourth-order valence-corrected chi connectivity index (χ4v) is 2.24. The summed E-state index contributed by atoms with van der Waals surface area (Å²) in [6.07, 6.45) is 3.89. The standard InChI is InChI=1S/C13H23N3O3/c1-10(13-14-12(9-17-3)15-19-13)16(2)8-11-6-4-5-7-18-11/h10-11H,4-9H2,1-3H3/t10-,11-/m0/s1. The number of aromatic nitrogens is 2. The predicted octanol–water partition coefficient (Wildman–Crippen LogP) is 1.78. The van der Waals surface area contributed by atoms with Crippen LogP contribution < -0.4 is 0 Å². The average molecular weight is 269 g/mol. The molecule has 1 aliphatic heterocycles. The third-order valence-corrected chi connectivity index (χ3v) is 3.54. The first-order valence-corrected chi connectivity index (χ1v) is 6.84. The van der Waals surface area contributed by atoms with Gasteiger partial charge in [0, 0.05) is 20.3 Å². The van der Waals surface area contributed by atoms with Crippen LogP contribution in [0.4, 0.5) is 0 Å². The zero-order chi connectivity index (χ0) is 13.7. The molecule has 2 atom stereocenters. The van der Waals surface area contributed by atoms with E-state index in [1.165, 1.54) is 12.8 Å². The monoisotopic (exact) mass is 269 g/mol. The Kier molecular flexibility index (Phi) is 5.30. The zero-order valence-corrected chi connectivity index (χ0v) is 12.0. The van der Waals surface area contributed by atoms with Gasteiger partial charge in [-0.25, -0.2) is 0 Å². The summed E-state index contributed by atoms with van der Waals surface area (Å²) in [5, 5.41) is 3.89. The Morgan fingerprint density at radius 2 is 2.32 bits per heavy atom. The molecular formula is C13H23N3O3. The second-order valence-corrected chi connectivity index (χ2v) is 5.09. The van der Waals surface area contributed by atoms with Gasteiger partial charge in [-0.05, 0) is 33.2 Å². The number of hydrogen-bond donors (Lipinski definition) is 0. The van der Waals surface area contributed by atoms with Crippen molar-refractivity contribution < 1.29 is 14.0 Å². The van der Waals surface area contributed by atoms with Gasteiger partial charge in [0.1, 0.15) is 6.61 Å². The van der Waals surface area contributed by atoms with E-state index in [2.05, 4.69) is 29.0 Å². The van der Waals surface area contributed by atoms with Gasteiger partial charge >= 0.3 is 0 Å². The van der Waals surface area contributed by atoms with Crippen LogP contribution >= 0.6 is 0 Å². The Hall–Kier alpha value is -0.980. The number of hydrogen-bond acceptors (Lipinski definition) is 6. The third kappa shape index (κ3) is 3.99. The molecule has 1 saturated heterocycles. The summed E-state index contributed by atoms with van der Waals surface area (Å²) < 4.78 is 16.0. The lowest BCUT2D eigenvalue weighted by Gasteiger charge is -2.29. The van der Waals surface area contributed by atoms with Crippen molar-refractivity contribution in [1.82, 2.24) is 15.0 Å². The maximum atomic E-state index is 5.75. The Balaban J connectivity index is 1.87. The van der Waals surface area contributed by atoms with Crippen LogP contribution in [0.2, 0.25) is 0 Å². The Morgan fingerprint density at radius 1 is 1.47 bits per heavy atom. The van der Waals surface area contributed by atoms with Crippen LogP contribution in [0.3, 0.4) is 0 Å². The molecule has 0 aromatic carbocycles. The second kappa shape index (κ2) is 6.98. The lowest BCUT2D eigenvalue weighted by atomic mass is 10.1. The van der Waals surface area contributed by atoms with Crippen LogP contribution in [0.15, 0.2) is 4.52 Å². The molecule has 0 aliphatic carbocycles. The number of methoxy groups -OCH3 is 1. The molecule has 1 aliphatic rings. The predicted molar refractivity (Wildman–Crippen MR) is 69.6 cm³/mol. The highest BCUT2D eigenvalue weighted by Crippen LogP contribution is 2.20. The smallest absolute Gasteiger partial charge is 0.243 e. The van der Waals surface area contributed by atoms with Gasteiger partial charge in [-0.2, -0.15) is 4.98 Å². The van der Waals surface area contributed by atoms with E-state index in [-0.39, 0.29) is 6.04 Å². The van der Waals surface area contributed by atoms with E-state index in [4.69, 9.17) is 14.0 Å². The van der Waals surface area contributed by atoms with Gasteiger partial charge in [0.15, 0.2) is 5.82 Å². The van der Waals surface area contributed by atoms with Crippen molar-refractivity contribution in [2.45, 2.75) is 44.9 Å². The normalized spacial score (nSPS) is 21.8. The largest absolute Gasteiger partial charge is 0.377 e. The van der Waals surface area contributed by atoms with Crippen molar-refractivity contribution >= 4 is 0 Å². The number of ether oxygens (including phenoxy) is 2. The fraction of sp³-hybridized carbons (Fsp3) is 0.846. The van der Waals surface area contributed by atoms with Crippen LogP contribution in [-0.2, 0) is 16.1 Å². The van der Waals surface area contributed by atoms with Gasteiger partial charge in [0.2, 0.25) is 5.89 Å². The maximum absolute atomic E-state index is 5.75. The topological polar surface area (TPSA) is 60.6 Å². The van der Waals surface area contributed by atoms with Crippen LogP contribution in [0.25, 0.3) is 0 Å². The molecule has 1 aromatic rings. The average Bonchev–Trinajstić information content (AvgIpc) is 2.88. The van der Waals surface area contributed by atoms with Crippen molar-refractivity contribution in [1.29, 1.82) is 0 Å². The molecule has 0 unspecified atom stereocenters. The first-order valence-electron chi connectivity index (χ1n) is 6.84. The summed E-state index contributed by atoms with van der Waals surface area (Å²) in [5.74, 6) is 1.22. The van der Waals surface area contributed by atoms with E-state index in [0.717, 1.165) is 19.6 Å². The molecule has 6 heteroatoms. The summed E-state index contributed by atoms with van der Waals surface area (Å²) in [4.78, 5) is 6.52. The molecule has 108 valence electrons. The molecule has 6 nitrogen and oxygen atoms in total. The summed E-state index contributed by atoms with van der Waals surface area (Å²) in [6.45, 7) is 4.22. The Bertz CT molecular complexity index is 377. The highest BCUT2D eigenvalue weighted by Gasteiger charge is 2.23. The minimum absolute atomic E-state index is 0.0867. The lowest BCUT2D eigenvalue weighted by Crippen LogP contribution is -2.35. The molecule has 2 rings (SSSR count). The first kappa shape index (κ1) is 14.4. The first-order chi connectivity index (χ1) is 9.20. The molecule has 0 bridgehead atoms. The summed E-state index contributed by atoms with van der Waals surface area (Å²) in [6, 6.07) is 0.0867. The van der Waals surface area contributed by atoms with Gasteiger partial charge in [0.25, 0.3) is 0 Å². The molecular weight excluding hydrogens is 246 g/mol. The fourth-order valence-electron chi connectivity index (χ4n) is 2.24. The van der Waals surface area contributed by atoms with Crippen molar-refractivity contribution in [2.24, 2.45) is 0 Å². The van der Waals surface area contributed by atoms with Crippen LogP contribution in [0.5, 0.6) is 0 Å². The van der Waals surface area contributed by atoms with E-state index < -0.39 is 0 Å². The molecule has 1 aromatic heterocycles. The van der Waals surface area contributed by atoms with Crippen molar-refractivity contribution in [3.8, 4) is 0 Å². The summed E-state index contributed by atoms with van der Waals surface area (Å²) in [7, 11) is 3.68. The van der Waals surface area contributed by atoms with Crippen LogP contribution in [-0.4, -0.2) is 48.5 Å². The van der Waals surface area contributed by atoms with E-state index in [9.17, 15) is 0 Å². The molecule has 0 radical (unpaired) electrons. The van der Waals surface area contributed by atoms with Gasteiger partial charge in [0.05, 0.1) is 12.1 Å². The Morgan fingerprint density at radius 3 is 3.00 bits per heavy atom. The third-order valence-electron chi connectivity index (χ3n) is 3.54. The van der Waals surface area contributed by atoms with E-state index in [1.807, 2.05) is 0 Å². The lowest BCUT2D eigenvalue weighted by molar-refractivity contribution is -0.00918. The van der Waals surface area contributed by atoms with E-state index in [0.29, 0.717) is 24.4 Å². The van der Waals surface area contributed by atoms with Crippen LogP contribution in [0, 0.1) is 0 Å². The Labute approximate surface area is 114 Å². The SMILES string of the molecule is COCc1noc([C@H](C)N(C)C[C@@H]2CCCCO2)n1. The molecule has 2 heterocycles. The van der Waals surface area contributed by atoms with Crippen LogP contribution in [0.1, 0.15) is 43.9 Å². The van der Waals surface area contributed by atoms with Gasteiger partial charge in [-0.15, -0.1) is 0 Å². The van der Waals surface area contributed by atoms with Gasteiger partial charge < -0.3 is 14.0 Å². The molecule has 1 fully saturated rings. The van der Waals surface area contributed by atoms with Crippen molar-refractivity contribution in [2.75, 3.05) is 27.3 Å². The maximum Gasteiger partial charge on any atom is 0.243 e. The number of nitrogens with zero attached hydrogens (tertiary/aromatic N) is 3. The minimum Gasteiger partial charge on any atom is -0.377 e. The summed E-state index contributed by atoms with van der Waals surface area (Å²) >= 11 is 0. The molecule has 19 heavy (non-hydrogen) atoms. The second-order valence-electron chi connectivity index (χ2n) is 5.09. The quantitative estimate of drug-likeness (QED) is 0.784. The van der Waals surface area contributed by atoms with Gasteiger partial charge in [-0.1, -0.05) is 5.16 Å². The molecule has 0 amide bonds. The molecule has 0 saturated carbocycles. The number of likely N-dealkylation sites (N-methyl/N-ethyl adjacent to an activating group) is 1. The highest BCUT2D eigenvalue weighted by molar-refractivity contribution is 4.91. The number of rotatable bonds is 6. The minimum atomic E-state index is 0.0867. The van der Waals surface area contributed by atoms with E-state index >= 15 is 0 Å².